The van der Waals surface area contributed by atoms with Gasteiger partial charge in [-0.1, -0.05) is 13.8 Å². The van der Waals surface area contributed by atoms with Crippen LogP contribution >= 0.6 is 11.8 Å². The molecular formula is C12H18N2O4S. The van der Waals surface area contributed by atoms with E-state index in [0.717, 1.165) is 11.8 Å². The Morgan fingerprint density at radius 2 is 2.00 bits per heavy atom. The van der Waals surface area contributed by atoms with E-state index in [4.69, 9.17) is 5.11 Å². The number of aliphatic hydroxyl groups is 1. The van der Waals surface area contributed by atoms with Crippen molar-refractivity contribution < 1.29 is 15.0 Å². The quantitative estimate of drug-likeness (QED) is 0.540. The number of thioether (sulfide) groups is 1. The average Bonchev–Trinajstić information content (AvgIpc) is 2.34. The molecule has 1 aromatic heterocycles. The summed E-state index contributed by atoms with van der Waals surface area (Å²) in [7, 11) is 0. The van der Waals surface area contributed by atoms with E-state index in [1.54, 1.807) is 0 Å². The molecule has 6 nitrogen and oxygen atoms in total. The first-order valence-electron chi connectivity index (χ1n) is 6.02. The molecule has 0 radical (unpaired) electrons. The summed E-state index contributed by atoms with van der Waals surface area (Å²) < 4.78 is 0. The van der Waals surface area contributed by atoms with Gasteiger partial charge in [-0.2, -0.15) is 4.98 Å². The number of H-pyrrole nitrogens is 1. The van der Waals surface area contributed by atoms with Gasteiger partial charge in [0.25, 0.3) is 0 Å². The average molecular weight is 286 g/mol. The lowest BCUT2D eigenvalue weighted by Gasteiger charge is -2.24. The minimum atomic E-state index is -1.14. The molecule has 106 valence electrons. The number of nitrogens with zero attached hydrogens (tertiary/aromatic N) is 1. The molecule has 0 aromatic carbocycles. The van der Waals surface area contributed by atoms with Crippen LogP contribution < -0.4 is 5.69 Å². The maximum absolute atomic E-state index is 11.3. The van der Waals surface area contributed by atoms with Gasteiger partial charge in [-0.3, -0.25) is 0 Å². The Labute approximate surface area is 115 Å². The van der Waals surface area contributed by atoms with Gasteiger partial charge in [-0.05, 0) is 19.8 Å². The summed E-state index contributed by atoms with van der Waals surface area (Å²) in [5.41, 5.74) is -1.20. The number of aryl methyl sites for hydroxylation is 1. The van der Waals surface area contributed by atoms with Gasteiger partial charge in [0.1, 0.15) is 10.6 Å². The van der Waals surface area contributed by atoms with Crippen molar-refractivity contribution in [2.24, 2.45) is 0 Å². The number of hydrogen-bond acceptors (Lipinski definition) is 5. The first-order valence-corrected chi connectivity index (χ1v) is 7.01. The van der Waals surface area contributed by atoms with E-state index in [9.17, 15) is 14.7 Å². The molecule has 0 unspecified atom stereocenters. The Balaban J connectivity index is 3.07. The molecule has 3 N–H and O–H groups in total. The third-order valence-electron chi connectivity index (χ3n) is 3.09. The van der Waals surface area contributed by atoms with Crippen LogP contribution in [-0.2, 0) is 0 Å². The molecule has 7 heteroatoms. The fourth-order valence-corrected chi connectivity index (χ4v) is 2.92. The molecular weight excluding hydrogens is 268 g/mol. The number of hydrogen-bond donors (Lipinski definition) is 3. The van der Waals surface area contributed by atoms with Crippen LogP contribution in [0.15, 0.2) is 9.82 Å². The predicted octanol–water partition coefficient (Wildman–Crippen LogP) is 1.42. The lowest BCUT2D eigenvalue weighted by molar-refractivity contribution is 0.0570. The number of carboxylic acids is 1. The van der Waals surface area contributed by atoms with Crippen LogP contribution in [0.2, 0.25) is 0 Å². The topological polar surface area (TPSA) is 103 Å². The Hall–Kier alpha value is -1.34. The molecule has 19 heavy (non-hydrogen) atoms. The maximum atomic E-state index is 11.3. The van der Waals surface area contributed by atoms with E-state index >= 15 is 0 Å². The van der Waals surface area contributed by atoms with Crippen LogP contribution in [0, 0.1) is 6.92 Å². The third kappa shape index (κ3) is 3.81. The summed E-state index contributed by atoms with van der Waals surface area (Å²) in [6.07, 6.45) is 1.11. The predicted molar refractivity (Wildman–Crippen MR) is 72.8 cm³/mol. The van der Waals surface area contributed by atoms with E-state index in [0.29, 0.717) is 18.6 Å². The van der Waals surface area contributed by atoms with Gasteiger partial charge in [-0.25, -0.2) is 9.59 Å². The normalized spacial score (nSPS) is 11.6. The van der Waals surface area contributed by atoms with Crippen LogP contribution in [-0.4, -0.2) is 37.5 Å². The zero-order chi connectivity index (χ0) is 14.6. The number of rotatable bonds is 6. The highest BCUT2D eigenvalue weighted by atomic mass is 32.2. The standard InChI is InChI=1S/C12H18N2O4S/c1-4-12(18,5-2)6-19-9-8(10(15)16)7(3)13-11(17)14-9/h18H,4-6H2,1-3H3,(H,15,16)(H,13,14,17). The molecule has 0 bridgehead atoms. The van der Waals surface area contributed by atoms with Gasteiger partial charge in [0.2, 0.25) is 0 Å². The molecule has 0 aliphatic carbocycles. The van der Waals surface area contributed by atoms with Crippen molar-refractivity contribution in [3.63, 3.8) is 0 Å². The second-order valence-electron chi connectivity index (χ2n) is 4.37. The van der Waals surface area contributed by atoms with Crippen LogP contribution in [0.4, 0.5) is 0 Å². The Bertz CT molecular complexity index is 523. The summed E-state index contributed by atoms with van der Waals surface area (Å²) in [5, 5.41) is 19.5. The van der Waals surface area contributed by atoms with E-state index in [-0.39, 0.29) is 16.3 Å². The highest BCUT2D eigenvalue weighted by Gasteiger charge is 2.25. The lowest BCUT2D eigenvalue weighted by atomic mass is 10.0. The van der Waals surface area contributed by atoms with Crippen molar-refractivity contribution in [1.29, 1.82) is 0 Å². The first kappa shape index (κ1) is 15.7. The fourth-order valence-electron chi connectivity index (χ4n) is 1.57. The van der Waals surface area contributed by atoms with Crippen molar-refractivity contribution >= 4 is 17.7 Å². The van der Waals surface area contributed by atoms with E-state index in [1.807, 2.05) is 13.8 Å². The highest BCUT2D eigenvalue weighted by Crippen LogP contribution is 2.27. The summed E-state index contributed by atoms with van der Waals surface area (Å²) in [5.74, 6) is -0.837. The monoisotopic (exact) mass is 286 g/mol. The third-order valence-corrected chi connectivity index (χ3v) is 4.34. The zero-order valence-electron chi connectivity index (χ0n) is 11.2. The molecule has 0 saturated carbocycles. The Morgan fingerprint density at radius 1 is 1.42 bits per heavy atom. The van der Waals surface area contributed by atoms with Gasteiger partial charge < -0.3 is 15.2 Å². The van der Waals surface area contributed by atoms with Crippen LogP contribution in [0.1, 0.15) is 42.7 Å². The van der Waals surface area contributed by atoms with Crippen molar-refractivity contribution in [2.45, 2.75) is 44.2 Å². The summed E-state index contributed by atoms with van der Waals surface area (Å²) in [6, 6.07) is 0. The first-order chi connectivity index (χ1) is 8.83. The lowest BCUT2D eigenvalue weighted by Crippen LogP contribution is -2.30. The number of aromatic amines is 1. The molecule has 0 saturated heterocycles. The SMILES string of the molecule is CCC(O)(CC)CSc1nc(=O)[nH]c(C)c1C(=O)O. The number of nitrogens with one attached hydrogen (secondary N) is 1. The fraction of sp³-hybridized carbons (Fsp3) is 0.583. The minimum Gasteiger partial charge on any atom is -0.478 e. The molecule has 1 heterocycles. The molecule has 0 aliphatic rings. The van der Waals surface area contributed by atoms with E-state index in [1.165, 1.54) is 6.92 Å². The minimum absolute atomic E-state index is 0.0147. The Morgan fingerprint density at radius 3 is 2.47 bits per heavy atom. The second-order valence-corrected chi connectivity index (χ2v) is 5.34. The largest absolute Gasteiger partial charge is 0.478 e. The maximum Gasteiger partial charge on any atom is 0.346 e. The molecule has 0 amide bonds. The van der Waals surface area contributed by atoms with Gasteiger partial charge >= 0.3 is 11.7 Å². The molecule has 0 aliphatic heterocycles. The summed E-state index contributed by atoms with van der Waals surface area (Å²) in [4.78, 5) is 28.5. The Kier molecular flexibility index (Phi) is 5.13. The van der Waals surface area contributed by atoms with Crippen LogP contribution in [0.3, 0.4) is 0 Å². The van der Waals surface area contributed by atoms with E-state index < -0.39 is 17.3 Å². The second kappa shape index (κ2) is 6.21. The van der Waals surface area contributed by atoms with Crippen molar-refractivity contribution in [2.75, 3.05) is 5.75 Å². The smallest absolute Gasteiger partial charge is 0.346 e. The molecule has 0 spiro atoms. The van der Waals surface area contributed by atoms with Gasteiger partial charge in [0.15, 0.2) is 0 Å². The molecule has 1 rings (SSSR count). The zero-order valence-corrected chi connectivity index (χ0v) is 12.0. The highest BCUT2D eigenvalue weighted by molar-refractivity contribution is 7.99. The van der Waals surface area contributed by atoms with Gasteiger partial charge in [0, 0.05) is 11.4 Å². The molecule has 0 fully saturated rings. The summed E-state index contributed by atoms with van der Waals surface area (Å²) >= 11 is 1.10. The van der Waals surface area contributed by atoms with E-state index in [2.05, 4.69) is 9.97 Å². The van der Waals surface area contributed by atoms with Crippen molar-refractivity contribution in [3.8, 4) is 0 Å². The van der Waals surface area contributed by atoms with Crippen LogP contribution in [0.5, 0.6) is 0 Å². The number of aromatic carboxylic acids is 1. The number of carboxylic acid groups (broad SMARTS) is 1. The number of aromatic nitrogens is 2. The van der Waals surface area contributed by atoms with Crippen molar-refractivity contribution in [1.82, 2.24) is 9.97 Å². The van der Waals surface area contributed by atoms with Crippen molar-refractivity contribution in [3.05, 3.63) is 21.7 Å². The molecule has 1 aromatic rings. The van der Waals surface area contributed by atoms with Gasteiger partial charge in [-0.15, -0.1) is 11.8 Å². The van der Waals surface area contributed by atoms with Gasteiger partial charge in [0.05, 0.1) is 5.60 Å². The summed E-state index contributed by atoms with van der Waals surface area (Å²) in [6.45, 7) is 5.24. The van der Waals surface area contributed by atoms with Crippen LogP contribution in [0.25, 0.3) is 0 Å². The number of carbonyl (C=O) groups is 1. The molecule has 0 atom stereocenters.